The number of hydrogen-bond acceptors (Lipinski definition) is 9. The van der Waals surface area contributed by atoms with Gasteiger partial charge in [0.1, 0.15) is 5.54 Å². The number of rotatable bonds is 14. The van der Waals surface area contributed by atoms with Gasteiger partial charge in [-0.15, -0.1) is 15.3 Å². The molecule has 0 N–H and O–H groups in total. The Balaban J connectivity index is 1.28. The largest absolute Gasteiger partial charge is 0.461 e. The van der Waals surface area contributed by atoms with Crippen molar-refractivity contribution in [3.63, 3.8) is 0 Å². The summed E-state index contributed by atoms with van der Waals surface area (Å²) in [6, 6.07) is 48.1. The van der Waals surface area contributed by atoms with Crippen LogP contribution in [0.3, 0.4) is 0 Å². The van der Waals surface area contributed by atoms with Crippen LogP contribution in [0.4, 0.5) is 5.13 Å². The summed E-state index contributed by atoms with van der Waals surface area (Å²) in [5, 5.41) is 23.2. The molecule has 52 heavy (non-hydrogen) atoms. The number of benzene rings is 5. The van der Waals surface area contributed by atoms with E-state index in [1.54, 1.807) is 6.92 Å². The van der Waals surface area contributed by atoms with Crippen molar-refractivity contribution in [3.05, 3.63) is 167 Å². The first-order valence-corrected chi connectivity index (χ1v) is 18.3. The molecule has 2 heterocycles. The van der Waals surface area contributed by atoms with Crippen LogP contribution in [0.5, 0.6) is 0 Å². The third kappa shape index (κ3) is 6.85. The maximum atomic E-state index is 12.3. The third-order valence-electron chi connectivity index (χ3n) is 9.08. The van der Waals surface area contributed by atoms with Gasteiger partial charge < -0.3 is 9.64 Å². The number of anilines is 1. The normalized spacial score (nSPS) is 11.3. The lowest BCUT2D eigenvalue weighted by molar-refractivity contribution is 0.0525. The summed E-state index contributed by atoms with van der Waals surface area (Å²) in [7, 11) is 0. The Labute approximate surface area is 307 Å². The van der Waals surface area contributed by atoms with Crippen molar-refractivity contribution in [2.24, 2.45) is 0 Å². The van der Waals surface area contributed by atoms with Crippen molar-refractivity contribution in [1.82, 2.24) is 30.4 Å². The van der Waals surface area contributed by atoms with Crippen molar-refractivity contribution in [2.75, 3.05) is 18.1 Å². The summed E-state index contributed by atoms with van der Waals surface area (Å²) < 4.78 is 7.11. The summed E-state index contributed by atoms with van der Waals surface area (Å²) in [6.07, 6.45) is 2.03. The van der Waals surface area contributed by atoms with Crippen LogP contribution in [0.1, 0.15) is 58.7 Å². The van der Waals surface area contributed by atoms with Crippen molar-refractivity contribution in [2.45, 2.75) is 38.8 Å². The molecule has 10 heteroatoms. The molecule has 0 spiro atoms. The van der Waals surface area contributed by atoms with Crippen LogP contribution in [0.15, 0.2) is 140 Å². The highest BCUT2D eigenvalue weighted by molar-refractivity contribution is 7.17. The molecular weight excluding hydrogens is 667 g/mol. The predicted molar refractivity (Wildman–Crippen MR) is 205 cm³/mol. The first-order valence-electron chi connectivity index (χ1n) is 17.5. The Morgan fingerprint density at radius 1 is 0.712 bits per heavy atom. The summed E-state index contributed by atoms with van der Waals surface area (Å²) in [5.41, 5.74) is 6.35. The average Bonchev–Trinajstić information content (AvgIpc) is 3.90. The third-order valence-corrected chi connectivity index (χ3v) is 10.0. The first kappa shape index (κ1) is 34.4. The van der Waals surface area contributed by atoms with E-state index in [0.717, 1.165) is 58.3 Å². The summed E-state index contributed by atoms with van der Waals surface area (Å²) in [6.45, 7) is 5.67. The monoisotopic (exact) mass is 705 g/mol. The number of unbranched alkanes of at least 4 members (excludes halogenated alkanes) is 1. The second kappa shape index (κ2) is 15.9. The van der Waals surface area contributed by atoms with E-state index in [1.165, 1.54) is 11.3 Å². The summed E-state index contributed by atoms with van der Waals surface area (Å²) in [5.74, 6) is 0.208. The minimum absolute atomic E-state index is 0.267. The zero-order valence-electron chi connectivity index (χ0n) is 29.2. The number of ether oxygens (including phenoxy) is 1. The zero-order chi connectivity index (χ0) is 35.8. The molecule has 9 nitrogen and oxygen atoms in total. The molecule has 0 aliphatic heterocycles. The highest BCUT2D eigenvalue weighted by Gasteiger charge is 2.42. The van der Waals surface area contributed by atoms with E-state index in [1.807, 2.05) is 35.0 Å². The average molecular weight is 706 g/mol. The number of hydrogen-bond donors (Lipinski definition) is 0. The molecule has 260 valence electrons. The van der Waals surface area contributed by atoms with E-state index in [4.69, 9.17) is 15.0 Å². The highest BCUT2D eigenvalue weighted by Crippen LogP contribution is 2.43. The smallest absolute Gasteiger partial charge is 0.369 e. The van der Waals surface area contributed by atoms with Crippen LogP contribution >= 0.6 is 11.3 Å². The fraction of sp³-hybridized carbons (Fsp3) is 0.190. The number of carbonyl (C=O) groups excluding carboxylic acids is 1. The molecule has 0 amide bonds. The molecule has 0 saturated carbocycles. The standard InChI is InChI=1S/C42H39N7O2S/c1-3-5-29-48(41-45-44-39(52-41)40(50)51-4-2)30-31-25-27-32(28-26-31)36-23-15-16-24-37(36)38-43-46-47-49(38)42(33-17-9-6-10-18-33,34-19-11-7-12-20-34)35-21-13-8-14-22-35/h6-28H,3-5,29-30H2,1-2H3. The van der Waals surface area contributed by atoms with Gasteiger partial charge in [0, 0.05) is 18.7 Å². The minimum Gasteiger partial charge on any atom is -0.461 e. The number of aromatic nitrogens is 6. The molecule has 0 unspecified atom stereocenters. The number of nitrogens with zero attached hydrogens (tertiary/aromatic N) is 7. The molecule has 0 aliphatic carbocycles. The van der Waals surface area contributed by atoms with Gasteiger partial charge >= 0.3 is 5.97 Å². The van der Waals surface area contributed by atoms with Crippen molar-refractivity contribution >= 4 is 22.4 Å². The van der Waals surface area contributed by atoms with E-state index < -0.39 is 11.5 Å². The summed E-state index contributed by atoms with van der Waals surface area (Å²) in [4.78, 5) is 14.5. The second-order valence-electron chi connectivity index (χ2n) is 12.4. The fourth-order valence-corrected chi connectivity index (χ4v) is 7.40. The Bertz CT molecular complexity index is 2110. The fourth-order valence-electron chi connectivity index (χ4n) is 6.64. The van der Waals surface area contributed by atoms with Crippen LogP contribution < -0.4 is 4.90 Å². The first-order chi connectivity index (χ1) is 25.6. The lowest BCUT2D eigenvalue weighted by Gasteiger charge is -2.36. The van der Waals surface area contributed by atoms with Crippen molar-refractivity contribution in [1.29, 1.82) is 0 Å². The van der Waals surface area contributed by atoms with Crippen LogP contribution in [0.2, 0.25) is 0 Å². The maximum Gasteiger partial charge on any atom is 0.369 e. The van der Waals surface area contributed by atoms with Gasteiger partial charge in [-0.3, -0.25) is 0 Å². The molecule has 0 aliphatic rings. The Morgan fingerprint density at radius 3 is 1.87 bits per heavy atom. The molecular formula is C42H39N7O2S. The number of tetrazole rings is 1. The SMILES string of the molecule is CCCCN(Cc1ccc(-c2ccccc2-c2nnnn2C(c2ccccc2)(c2ccccc2)c2ccccc2)cc1)c1nnc(C(=O)OCC)s1. The van der Waals surface area contributed by atoms with Crippen molar-refractivity contribution in [3.8, 4) is 22.5 Å². The van der Waals surface area contributed by atoms with Crippen LogP contribution in [-0.2, 0) is 16.8 Å². The van der Waals surface area contributed by atoms with E-state index in [-0.39, 0.29) is 5.01 Å². The van der Waals surface area contributed by atoms with Gasteiger partial charge in [0.25, 0.3) is 0 Å². The highest BCUT2D eigenvalue weighted by atomic mass is 32.1. The van der Waals surface area contributed by atoms with Crippen molar-refractivity contribution < 1.29 is 9.53 Å². The zero-order valence-corrected chi connectivity index (χ0v) is 30.0. The molecule has 0 saturated heterocycles. The van der Waals surface area contributed by atoms with E-state index in [2.05, 4.69) is 136 Å². The second-order valence-corrected chi connectivity index (χ2v) is 13.3. The molecule has 7 aromatic rings. The lowest BCUT2D eigenvalue weighted by atomic mass is 9.77. The van der Waals surface area contributed by atoms with Gasteiger partial charge in [0.15, 0.2) is 5.82 Å². The maximum absolute atomic E-state index is 12.3. The molecule has 0 atom stereocenters. The molecule has 7 rings (SSSR count). The van der Waals surface area contributed by atoms with Gasteiger partial charge in [0.05, 0.1) is 6.61 Å². The topological polar surface area (TPSA) is 98.9 Å². The van der Waals surface area contributed by atoms with Crippen LogP contribution in [0, 0.1) is 0 Å². The van der Waals surface area contributed by atoms with Gasteiger partial charge in [-0.05, 0) is 57.2 Å². The van der Waals surface area contributed by atoms with Crippen LogP contribution in [-0.4, -0.2) is 49.5 Å². The lowest BCUT2D eigenvalue weighted by Crippen LogP contribution is -2.39. The van der Waals surface area contributed by atoms with E-state index in [0.29, 0.717) is 24.1 Å². The number of carbonyl (C=O) groups is 1. The van der Waals surface area contributed by atoms with Gasteiger partial charge in [-0.1, -0.05) is 164 Å². The molecule has 0 radical (unpaired) electrons. The predicted octanol–water partition coefficient (Wildman–Crippen LogP) is 8.68. The van der Waals surface area contributed by atoms with Gasteiger partial charge in [-0.2, -0.15) is 0 Å². The van der Waals surface area contributed by atoms with E-state index in [9.17, 15) is 4.79 Å². The van der Waals surface area contributed by atoms with E-state index >= 15 is 0 Å². The Kier molecular flexibility index (Phi) is 10.5. The summed E-state index contributed by atoms with van der Waals surface area (Å²) >= 11 is 1.27. The quantitative estimate of drug-likeness (QED) is 0.0819. The van der Waals surface area contributed by atoms with Gasteiger partial charge in [-0.25, -0.2) is 9.48 Å². The minimum atomic E-state index is -0.862. The van der Waals surface area contributed by atoms with Crippen LogP contribution in [0.25, 0.3) is 22.5 Å². The molecule has 2 aromatic heterocycles. The molecule has 5 aromatic carbocycles. The Hall–Kier alpha value is -6.00. The Morgan fingerprint density at radius 2 is 1.29 bits per heavy atom. The molecule has 0 fully saturated rings. The van der Waals surface area contributed by atoms with Gasteiger partial charge in [0.2, 0.25) is 10.1 Å². The number of esters is 1. The molecule has 0 bridgehead atoms.